The molecule has 0 radical (unpaired) electrons. The van der Waals surface area contributed by atoms with E-state index in [4.69, 9.17) is 10.5 Å². The first kappa shape index (κ1) is 15.0. The topological polar surface area (TPSA) is 35.2 Å². The van der Waals surface area contributed by atoms with Crippen molar-refractivity contribution >= 4 is 0 Å². The Morgan fingerprint density at radius 3 is 2.33 bits per heavy atom. The Kier molecular flexibility index (Phi) is 6.81. The summed E-state index contributed by atoms with van der Waals surface area (Å²) < 4.78 is 5.64. The van der Waals surface area contributed by atoms with Crippen LogP contribution in [0.15, 0.2) is 24.3 Å². The van der Waals surface area contributed by atoms with E-state index in [-0.39, 0.29) is 6.04 Å². The summed E-state index contributed by atoms with van der Waals surface area (Å²) >= 11 is 0. The summed E-state index contributed by atoms with van der Waals surface area (Å²) in [6, 6.07) is 8.39. The van der Waals surface area contributed by atoms with E-state index in [9.17, 15) is 0 Å². The third kappa shape index (κ3) is 5.54. The highest BCUT2D eigenvalue weighted by molar-refractivity contribution is 5.29. The molecular weight excluding hydrogens is 222 g/mol. The molecule has 2 nitrogen and oxygen atoms in total. The fraction of sp³-hybridized carbons (Fsp3) is 0.625. The molecule has 0 heterocycles. The number of benzene rings is 1. The molecule has 1 rings (SSSR count). The molecule has 0 aromatic heterocycles. The van der Waals surface area contributed by atoms with Crippen molar-refractivity contribution < 1.29 is 4.74 Å². The zero-order valence-corrected chi connectivity index (χ0v) is 12.0. The molecule has 18 heavy (non-hydrogen) atoms. The maximum Gasteiger partial charge on any atom is 0.119 e. The molecule has 0 aliphatic carbocycles. The second kappa shape index (κ2) is 8.15. The van der Waals surface area contributed by atoms with Gasteiger partial charge in [-0.25, -0.2) is 0 Å². The molecule has 0 amide bonds. The van der Waals surface area contributed by atoms with Crippen LogP contribution in [0.4, 0.5) is 0 Å². The number of hydrogen-bond donors (Lipinski definition) is 1. The number of ether oxygens (including phenoxy) is 1. The monoisotopic (exact) mass is 249 g/mol. The Morgan fingerprint density at radius 1 is 1.11 bits per heavy atom. The molecule has 1 atom stereocenters. The first-order valence-corrected chi connectivity index (χ1v) is 7.11. The SMILES string of the molecule is CCCCOc1ccc(C(N)CCC(C)C)cc1. The third-order valence-corrected chi connectivity index (χ3v) is 3.13. The molecule has 2 N–H and O–H groups in total. The van der Waals surface area contributed by atoms with Gasteiger partial charge >= 0.3 is 0 Å². The third-order valence-electron chi connectivity index (χ3n) is 3.13. The lowest BCUT2D eigenvalue weighted by Crippen LogP contribution is -2.11. The minimum Gasteiger partial charge on any atom is -0.494 e. The maximum atomic E-state index is 6.17. The Bertz CT molecular complexity index is 318. The van der Waals surface area contributed by atoms with Crippen molar-refractivity contribution in [1.82, 2.24) is 0 Å². The Balaban J connectivity index is 2.43. The van der Waals surface area contributed by atoms with Crippen molar-refractivity contribution in [3.63, 3.8) is 0 Å². The predicted molar refractivity (Wildman–Crippen MR) is 77.8 cm³/mol. The highest BCUT2D eigenvalue weighted by Gasteiger charge is 2.07. The fourth-order valence-electron chi connectivity index (χ4n) is 1.83. The van der Waals surface area contributed by atoms with Crippen molar-refractivity contribution in [2.45, 2.75) is 52.5 Å². The van der Waals surface area contributed by atoms with E-state index >= 15 is 0 Å². The Hall–Kier alpha value is -1.02. The summed E-state index contributed by atoms with van der Waals surface area (Å²) in [5.74, 6) is 1.66. The molecule has 0 saturated heterocycles. The fourth-order valence-corrected chi connectivity index (χ4v) is 1.83. The largest absolute Gasteiger partial charge is 0.494 e. The van der Waals surface area contributed by atoms with Crippen LogP contribution in [0, 0.1) is 5.92 Å². The average Bonchev–Trinajstić information content (AvgIpc) is 2.37. The minimum absolute atomic E-state index is 0.150. The van der Waals surface area contributed by atoms with Gasteiger partial charge in [0.15, 0.2) is 0 Å². The first-order chi connectivity index (χ1) is 8.63. The van der Waals surface area contributed by atoms with Gasteiger partial charge in [-0.05, 0) is 42.9 Å². The van der Waals surface area contributed by atoms with Gasteiger partial charge in [0.1, 0.15) is 5.75 Å². The molecule has 0 aliphatic heterocycles. The number of unbranched alkanes of at least 4 members (excludes halogenated alkanes) is 1. The molecule has 102 valence electrons. The standard InChI is InChI=1S/C16H27NO/c1-4-5-12-18-15-9-7-14(8-10-15)16(17)11-6-13(2)3/h7-10,13,16H,4-6,11-12,17H2,1-3H3. The highest BCUT2D eigenvalue weighted by Crippen LogP contribution is 2.21. The van der Waals surface area contributed by atoms with Crippen LogP contribution in [0.3, 0.4) is 0 Å². The molecule has 0 saturated carbocycles. The molecule has 2 heteroatoms. The van der Waals surface area contributed by atoms with Gasteiger partial charge in [0, 0.05) is 6.04 Å². The number of rotatable bonds is 8. The van der Waals surface area contributed by atoms with E-state index < -0.39 is 0 Å². The Labute approximate surface area is 112 Å². The van der Waals surface area contributed by atoms with Gasteiger partial charge in [-0.2, -0.15) is 0 Å². The summed E-state index contributed by atoms with van der Waals surface area (Å²) in [7, 11) is 0. The van der Waals surface area contributed by atoms with E-state index in [1.54, 1.807) is 0 Å². The second-order valence-corrected chi connectivity index (χ2v) is 5.35. The zero-order chi connectivity index (χ0) is 13.4. The van der Waals surface area contributed by atoms with Crippen molar-refractivity contribution in [3.05, 3.63) is 29.8 Å². The average molecular weight is 249 g/mol. The van der Waals surface area contributed by atoms with Gasteiger partial charge in [-0.3, -0.25) is 0 Å². The van der Waals surface area contributed by atoms with Crippen LogP contribution >= 0.6 is 0 Å². The lowest BCUT2D eigenvalue weighted by Gasteiger charge is -2.14. The van der Waals surface area contributed by atoms with Crippen LogP contribution in [-0.4, -0.2) is 6.61 Å². The number of hydrogen-bond acceptors (Lipinski definition) is 2. The van der Waals surface area contributed by atoms with Gasteiger partial charge < -0.3 is 10.5 Å². The van der Waals surface area contributed by atoms with Gasteiger partial charge in [-0.15, -0.1) is 0 Å². The van der Waals surface area contributed by atoms with E-state index in [0.29, 0.717) is 5.92 Å². The van der Waals surface area contributed by atoms with Crippen LogP contribution in [0.1, 0.15) is 58.1 Å². The zero-order valence-electron chi connectivity index (χ0n) is 12.0. The van der Waals surface area contributed by atoms with Crippen LogP contribution < -0.4 is 10.5 Å². The summed E-state index contributed by atoms with van der Waals surface area (Å²) in [5, 5.41) is 0. The van der Waals surface area contributed by atoms with Crippen LogP contribution in [-0.2, 0) is 0 Å². The van der Waals surface area contributed by atoms with Crippen molar-refractivity contribution in [3.8, 4) is 5.75 Å². The van der Waals surface area contributed by atoms with Crippen molar-refractivity contribution in [2.24, 2.45) is 11.7 Å². The molecule has 0 bridgehead atoms. The summed E-state index contributed by atoms with van der Waals surface area (Å²) in [5.41, 5.74) is 7.38. The van der Waals surface area contributed by atoms with Gasteiger partial charge in [0.05, 0.1) is 6.61 Å². The first-order valence-electron chi connectivity index (χ1n) is 7.11. The summed E-state index contributed by atoms with van der Waals surface area (Å²) in [4.78, 5) is 0. The van der Waals surface area contributed by atoms with E-state index in [2.05, 4.69) is 32.9 Å². The van der Waals surface area contributed by atoms with Gasteiger partial charge in [0.2, 0.25) is 0 Å². The van der Waals surface area contributed by atoms with Crippen LogP contribution in [0.5, 0.6) is 5.75 Å². The molecule has 0 spiro atoms. The van der Waals surface area contributed by atoms with E-state index in [1.807, 2.05) is 12.1 Å². The molecule has 1 aromatic rings. The Morgan fingerprint density at radius 2 is 1.78 bits per heavy atom. The molecule has 1 unspecified atom stereocenters. The molecule has 0 aliphatic rings. The summed E-state index contributed by atoms with van der Waals surface area (Å²) in [6.45, 7) is 7.43. The number of nitrogens with two attached hydrogens (primary N) is 1. The van der Waals surface area contributed by atoms with E-state index in [1.165, 1.54) is 12.0 Å². The maximum absolute atomic E-state index is 6.17. The van der Waals surface area contributed by atoms with Crippen molar-refractivity contribution in [1.29, 1.82) is 0 Å². The van der Waals surface area contributed by atoms with E-state index in [0.717, 1.165) is 31.6 Å². The quantitative estimate of drug-likeness (QED) is 0.697. The lowest BCUT2D eigenvalue weighted by molar-refractivity contribution is 0.309. The van der Waals surface area contributed by atoms with Gasteiger partial charge in [-0.1, -0.05) is 39.3 Å². The normalized spacial score (nSPS) is 12.7. The van der Waals surface area contributed by atoms with Crippen LogP contribution in [0.2, 0.25) is 0 Å². The summed E-state index contributed by atoms with van der Waals surface area (Å²) in [6.07, 6.45) is 4.50. The van der Waals surface area contributed by atoms with Crippen molar-refractivity contribution in [2.75, 3.05) is 6.61 Å². The lowest BCUT2D eigenvalue weighted by atomic mass is 9.98. The van der Waals surface area contributed by atoms with Gasteiger partial charge in [0.25, 0.3) is 0 Å². The van der Waals surface area contributed by atoms with Crippen LogP contribution in [0.25, 0.3) is 0 Å². The minimum atomic E-state index is 0.150. The predicted octanol–water partition coefficient (Wildman–Crippen LogP) is 4.30. The highest BCUT2D eigenvalue weighted by atomic mass is 16.5. The smallest absolute Gasteiger partial charge is 0.119 e. The molecular formula is C16H27NO. The molecule has 0 fully saturated rings. The second-order valence-electron chi connectivity index (χ2n) is 5.35. The molecule has 1 aromatic carbocycles.